The van der Waals surface area contributed by atoms with Crippen LogP contribution < -0.4 is 10.2 Å². The lowest BCUT2D eigenvalue weighted by atomic mass is 9.81. The lowest BCUT2D eigenvalue weighted by molar-refractivity contribution is 0.213. The summed E-state index contributed by atoms with van der Waals surface area (Å²) in [5.74, 6) is 0.205. The summed E-state index contributed by atoms with van der Waals surface area (Å²) in [5.41, 5.74) is 1.47. The average molecular weight is 402 g/mol. The molecule has 0 bridgehead atoms. The van der Waals surface area contributed by atoms with E-state index in [1.165, 1.54) is 12.1 Å². The standard InChI is InChI=1S/C22H25ClFN3O/c1-15(2)12-26-14-22(27(21(26)28)19-9-5-17(23)6-10-19)13-25-11-20(22)16-3-7-18(24)8-4-16/h3-10,15,20,25H,11-14H2,1-2H3/t20-,22+/m1/s1. The minimum absolute atomic E-state index is 0.0202. The zero-order valence-electron chi connectivity index (χ0n) is 16.2. The molecule has 148 valence electrons. The number of urea groups is 1. The first kappa shape index (κ1) is 19.2. The number of amides is 2. The van der Waals surface area contributed by atoms with Gasteiger partial charge in [0, 0.05) is 42.8 Å². The largest absolute Gasteiger partial charge is 0.325 e. The molecule has 6 heteroatoms. The number of benzene rings is 2. The lowest BCUT2D eigenvalue weighted by Crippen LogP contribution is -2.52. The lowest BCUT2D eigenvalue weighted by Gasteiger charge is -2.38. The van der Waals surface area contributed by atoms with Gasteiger partial charge >= 0.3 is 6.03 Å². The van der Waals surface area contributed by atoms with Crippen molar-refractivity contribution in [2.75, 3.05) is 31.1 Å². The number of halogens is 2. The van der Waals surface area contributed by atoms with Gasteiger partial charge in [-0.2, -0.15) is 0 Å². The highest BCUT2D eigenvalue weighted by molar-refractivity contribution is 6.30. The van der Waals surface area contributed by atoms with E-state index in [9.17, 15) is 9.18 Å². The van der Waals surface area contributed by atoms with E-state index >= 15 is 0 Å². The molecule has 1 N–H and O–H groups in total. The van der Waals surface area contributed by atoms with Gasteiger partial charge in [0.25, 0.3) is 0 Å². The summed E-state index contributed by atoms with van der Waals surface area (Å²) in [7, 11) is 0. The second kappa shape index (κ2) is 7.37. The third-order valence-electron chi connectivity index (χ3n) is 5.74. The maximum atomic E-state index is 13.5. The third kappa shape index (κ3) is 3.27. The first-order chi connectivity index (χ1) is 13.4. The molecule has 2 aromatic rings. The monoisotopic (exact) mass is 401 g/mol. The van der Waals surface area contributed by atoms with Crippen molar-refractivity contribution in [3.8, 4) is 0 Å². The fraction of sp³-hybridized carbons (Fsp3) is 0.409. The molecule has 2 aliphatic heterocycles. The molecule has 2 aromatic carbocycles. The molecule has 0 unspecified atom stereocenters. The highest BCUT2D eigenvalue weighted by Crippen LogP contribution is 2.44. The summed E-state index contributed by atoms with van der Waals surface area (Å²) >= 11 is 6.08. The number of rotatable bonds is 4. The highest BCUT2D eigenvalue weighted by Gasteiger charge is 2.57. The molecule has 2 saturated heterocycles. The van der Waals surface area contributed by atoms with E-state index in [1.54, 1.807) is 0 Å². The van der Waals surface area contributed by atoms with Crippen LogP contribution in [-0.2, 0) is 0 Å². The number of nitrogens with one attached hydrogen (secondary N) is 1. The molecule has 2 atom stereocenters. The first-order valence-electron chi connectivity index (χ1n) is 9.71. The van der Waals surface area contributed by atoms with Gasteiger partial charge in [-0.3, -0.25) is 4.90 Å². The van der Waals surface area contributed by atoms with Crippen LogP contribution in [0.5, 0.6) is 0 Å². The van der Waals surface area contributed by atoms with Crippen molar-refractivity contribution in [2.45, 2.75) is 25.3 Å². The van der Waals surface area contributed by atoms with Gasteiger partial charge in [-0.15, -0.1) is 0 Å². The van der Waals surface area contributed by atoms with Gasteiger partial charge in [-0.25, -0.2) is 9.18 Å². The minimum Gasteiger partial charge on any atom is -0.322 e. The van der Waals surface area contributed by atoms with Crippen LogP contribution in [0, 0.1) is 11.7 Å². The molecule has 0 aliphatic carbocycles. The van der Waals surface area contributed by atoms with E-state index in [0.29, 0.717) is 30.6 Å². The van der Waals surface area contributed by atoms with Crippen LogP contribution in [0.3, 0.4) is 0 Å². The summed E-state index contributed by atoms with van der Waals surface area (Å²) < 4.78 is 13.5. The average Bonchev–Trinajstić information content (AvgIpc) is 3.18. The third-order valence-corrected chi connectivity index (χ3v) is 5.99. The van der Waals surface area contributed by atoms with Crippen molar-refractivity contribution in [1.29, 1.82) is 0 Å². The molecule has 2 fully saturated rings. The number of nitrogens with zero attached hydrogens (tertiary/aromatic N) is 2. The minimum atomic E-state index is -0.419. The predicted octanol–water partition coefficient (Wildman–Crippen LogP) is 4.50. The van der Waals surface area contributed by atoms with Crippen LogP contribution in [0.1, 0.15) is 25.3 Å². The quantitative estimate of drug-likeness (QED) is 0.818. The van der Waals surface area contributed by atoms with Gasteiger partial charge in [0.15, 0.2) is 0 Å². The van der Waals surface area contributed by atoms with Gasteiger partial charge in [0.1, 0.15) is 5.82 Å². The molecular weight excluding hydrogens is 377 g/mol. The Morgan fingerprint density at radius 2 is 1.86 bits per heavy atom. The number of hydrogen-bond donors (Lipinski definition) is 1. The zero-order chi connectivity index (χ0) is 19.9. The highest BCUT2D eigenvalue weighted by atomic mass is 35.5. The van der Waals surface area contributed by atoms with Gasteiger partial charge in [-0.1, -0.05) is 37.6 Å². The van der Waals surface area contributed by atoms with E-state index in [-0.39, 0.29) is 17.8 Å². The van der Waals surface area contributed by atoms with Crippen LogP contribution in [0.15, 0.2) is 48.5 Å². The van der Waals surface area contributed by atoms with E-state index in [1.807, 2.05) is 46.2 Å². The van der Waals surface area contributed by atoms with Crippen molar-refractivity contribution < 1.29 is 9.18 Å². The van der Waals surface area contributed by atoms with E-state index in [4.69, 9.17) is 11.6 Å². The molecular formula is C22H25ClFN3O. The second-order valence-electron chi connectivity index (χ2n) is 8.21. The van der Waals surface area contributed by atoms with Crippen molar-refractivity contribution in [1.82, 2.24) is 10.2 Å². The Bertz CT molecular complexity index is 855. The molecule has 0 aromatic heterocycles. The summed E-state index contributed by atoms with van der Waals surface area (Å²) in [6.45, 7) is 7.03. The molecule has 4 rings (SSSR count). The Hall–Kier alpha value is -2.11. The zero-order valence-corrected chi connectivity index (χ0v) is 16.9. The molecule has 0 radical (unpaired) electrons. The maximum absolute atomic E-state index is 13.5. The normalized spacial score (nSPS) is 24.8. The summed E-state index contributed by atoms with van der Waals surface area (Å²) in [6.07, 6.45) is 0. The Labute approximate surface area is 170 Å². The SMILES string of the molecule is CC(C)CN1C[C@]2(CNC[C@@H]2c2ccc(F)cc2)N(c2ccc(Cl)cc2)C1=O. The van der Waals surface area contributed by atoms with Crippen molar-refractivity contribution in [2.24, 2.45) is 5.92 Å². The van der Waals surface area contributed by atoms with Gasteiger partial charge in [0.2, 0.25) is 0 Å². The topological polar surface area (TPSA) is 35.6 Å². The second-order valence-corrected chi connectivity index (χ2v) is 8.64. The molecule has 4 nitrogen and oxygen atoms in total. The van der Waals surface area contributed by atoms with Gasteiger partial charge < -0.3 is 10.2 Å². The van der Waals surface area contributed by atoms with Crippen LogP contribution >= 0.6 is 11.6 Å². The van der Waals surface area contributed by atoms with Crippen molar-refractivity contribution in [3.05, 3.63) is 64.9 Å². The number of hydrogen-bond acceptors (Lipinski definition) is 2. The van der Waals surface area contributed by atoms with Crippen LogP contribution in [-0.4, -0.2) is 42.6 Å². The van der Waals surface area contributed by atoms with Gasteiger partial charge in [0.05, 0.1) is 5.54 Å². The molecule has 28 heavy (non-hydrogen) atoms. The Morgan fingerprint density at radius 1 is 1.18 bits per heavy atom. The maximum Gasteiger partial charge on any atom is 0.325 e. The van der Waals surface area contributed by atoms with Crippen LogP contribution in [0.25, 0.3) is 0 Å². The number of carbonyl (C=O) groups excluding carboxylic acids is 1. The number of anilines is 1. The smallest absolute Gasteiger partial charge is 0.322 e. The van der Waals surface area contributed by atoms with E-state index in [2.05, 4.69) is 19.2 Å². The van der Waals surface area contributed by atoms with Crippen LogP contribution in [0.4, 0.5) is 14.9 Å². The summed E-state index contributed by atoms with van der Waals surface area (Å²) in [6, 6.07) is 14.1. The van der Waals surface area contributed by atoms with Crippen molar-refractivity contribution in [3.63, 3.8) is 0 Å². The molecule has 2 amide bonds. The molecule has 0 saturated carbocycles. The molecule has 2 aliphatic rings. The molecule has 2 heterocycles. The van der Waals surface area contributed by atoms with Crippen LogP contribution in [0.2, 0.25) is 5.02 Å². The Balaban J connectivity index is 1.79. The van der Waals surface area contributed by atoms with E-state index < -0.39 is 5.54 Å². The predicted molar refractivity (Wildman–Crippen MR) is 110 cm³/mol. The fourth-order valence-electron chi connectivity index (χ4n) is 4.61. The first-order valence-corrected chi connectivity index (χ1v) is 10.1. The summed E-state index contributed by atoms with van der Waals surface area (Å²) in [5, 5.41) is 4.13. The van der Waals surface area contributed by atoms with Gasteiger partial charge in [-0.05, 0) is 47.9 Å². The Kier molecular flexibility index (Phi) is 5.06. The summed E-state index contributed by atoms with van der Waals surface area (Å²) in [4.78, 5) is 17.3. The molecule has 1 spiro atoms. The Morgan fingerprint density at radius 3 is 2.50 bits per heavy atom. The number of carbonyl (C=O) groups is 1. The fourth-order valence-corrected chi connectivity index (χ4v) is 4.74. The van der Waals surface area contributed by atoms with Crippen molar-refractivity contribution >= 4 is 23.3 Å². The van der Waals surface area contributed by atoms with E-state index in [0.717, 1.165) is 17.8 Å².